The smallest absolute Gasteiger partial charge is 0.119 e. The molecule has 1 saturated carbocycles. The Labute approximate surface area is 91.6 Å². The Kier molecular flexibility index (Phi) is 3.62. The summed E-state index contributed by atoms with van der Waals surface area (Å²) in [5.41, 5.74) is 1.35. The van der Waals surface area contributed by atoms with E-state index >= 15 is 0 Å². The average Bonchev–Trinajstić information content (AvgIpc) is 3.09. The molecule has 2 nitrogen and oxygen atoms in total. The molecule has 1 aromatic carbocycles. The molecule has 0 aliphatic heterocycles. The minimum Gasteiger partial charge on any atom is -0.497 e. The van der Waals surface area contributed by atoms with Crippen LogP contribution in [0, 0.1) is 5.92 Å². The van der Waals surface area contributed by atoms with Crippen molar-refractivity contribution in [1.29, 1.82) is 0 Å². The quantitative estimate of drug-likeness (QED) is 0.719. The third-order valence-corrected chi connectivity index (χ3v) is 2.85. The van der Waals surface area contributed by atoms with E-state index in [-0.39, 0.29) is 0 Å². The Morgan fingerprint density at radius 2 is 2.27 bits per heavy atom. The zero-order chi connectivity index (χ0) is 10.5. The summed E-state index contributed by atoms with van der Waals surface area (Å²) < 4.78 is 5.19. The standard InChI is InChI=1S/C13H19NO/c1-15-13-4-2-3-11(9-13)7-8-14-10-12-5-6-12/h2-4,9,12,14H,5-8,10H2,1H3. The van der Waals surface area contributed by atoms with Crippen molar-refractivity contribution in [2.45, 2.75) is 19.3 Å². The third-order valence-electron chi connectivity index (χ3n) is 2.85. The van der Waals surface area contributed by atoms with Crippen LogP contribution in [0.2, 0.25) is 0 Å². The van der Waals surface area contributed by atoms with Crippen molar-refractivity contribution in [3.8, 4) is 5.75 Å². The van der Waals surface area contributed by atoms with Gasteiger partial charge in [-0.3, -0.25) is 0 Å². The zero-order valence-electron chi connectivity index (χ0n) is 9.33. The van der Waals surface area contributed by atoms with Gasteiger partial charge >= 0.3 is 0 Å². The van der Waals surface area contributed by atoms with Gasteiger partial charge in [-0.2, -0.15) is 0 Å². The van der Waals surface area contributed by atoms with E-state index in [1.54, 1.807) is 7.11 Å². The molecule has 0 saturated heterocycles. The van der Waals surface area contributed by atoms with Gasteiger partial charge in [0.25, 0.3) is 0 Å². The molecule has 0 spiro atoms. The maximum atomic E-state index is 5.19. The third kappa shape index (κ3) is 3.56. The Morgan fingerprint density at radius 1 is 1.40 bits per heavy atom. The molecule has 1 aromatic rings. The van der Waals surface area contributed by atoms with Crippen LogP contribution in [0.1, 0.15) is 18.4 Å². The van der Waals surface area contributed by atoms with Gasteiger partial charge in [0.2, 0.25) is 0 Å². The Hall–Kier alpha value is -1.02. The molecule has 0 atom stereocenters. The van der Waals surface area contributed by atoms with Gasteiger partial charge in [-0.25, -0.2) is 0 Å². The lowest BCUT2D eigenvalue weighted by Gasteiger charge is -2.05. The van der Waals surface area contributed by atoms with Crippen LogP contribution >= 0.6 is 0 Å². The highest BCUT2D eigenvalue weighted by molar-refractivity contribution is 5.28. The predicted octanol–water partition coefficient (Wildman–Crippen LogP) is 2.24. The first-order valence-corrected chi connectivity index (χ1v) is 5.72. The van der Waals surface area contributed by atoms with Crippen LogP contribution in [0.3, 0.4) is 0 Å². The van der Waals surface area contributed by atoms with Crippen molar-refractivity contribution >= 4 is 0 Å². The number of hydrogen-bond donors (Lipinski definition) is 1. The highest BCUT2D eigenvalue weighted by atomic mass is 16.5. The average molecular weight is 205 g/mol. The highest BCUT2D eigenvalue weighted by Gasteiger charge is 2.19. The lowest BCUT2D eigenvalue weighted by atomic mass is 10.1. The molecule has 0 aromatic heterocycles. The van der Waals surface area contributed by atoms with Gasteiger partial charge < -0.3 is 10.1 Å². The van der Waals surface area contributed by atoms with E-state index in [9.17, 15) is 0 Å². The molecule has 0 bridgehead atoms. The molecule has 2 heteroatoms. The van der Waals surface area contributed by atoms with E-state index in [0.717, 1.165) is 24.6 Å². The molecule has 0 radical (unpaired) electrons. The normalized spacial score (nSPS) is 15.3. The Morgan fingerprint density at radius 3 is 3.00 bits per heavy atom. The van der Waals surface area contributed by atoms with Gasteiger partial charge in [0, 0.05) is 0 Å². The van der Waals surface area contributed by atoms with E-state index in [1.165, 1.54) is 24.9 Å². The topological polar surface area (TPSA) is 21.3 Å². The molecule has 2 rings (SSSR count). The van der Waals surface area contributed by atoms with E-state index in [0.29, 0.717) is 0 Å². The van der Waals surface area contributed by atoms with Crippen LogP contribution in [-0.2, 0) is 6.42 Å². The van der Waals surface area contributed by atoms with Crippen LogP contribution < -0.4 is 10.1 Å². The largest absolute Gasteiger partial charge is 0.497 e. The second-order valence-corrected chi connectivity index (χ2v) is 4.25. The maximum absolute atomic E-state index is 5.19. The minimum atomic E-state index is 0.953. The number of hydrogen-bond acceptors (Lipinski definition) is 2. The number of nitrogens with one attached hydrogen (secondary N) is 1. The summed E-state index contributed by atoms with van der Waals surface area (Å²) in [7, 11) is 1.71. The summed E-state index contributed by atoms with van der Waals surface area (Å²) >= 11 is 0. The molecule has 1 aliphatic rings. The van der Waals surface area contributed by atoms with Crippen LogP contribution in [0.25, 0.3) is 0 Å². The van der Waals surface area contributed by atoms with E-state index in [1.807, 2.05) is 6.07 Å². The molecule has 1 aliphatic carbocycles. The van der Waals surface area contributed by atoms with Gasteiger partial charge in [0.15, 0.2) is 0 Å². The summed E-state index contributed by atoms with van der Waals surface area (Å²) in [5, 5.41) is 3.49. The second kappa shape index (κ2) is 5.17. The summed E-state index contributed by atoms with van der Waals surface area (Å²) in [5.74, 6) is 1.92. The fourth-order valence-electron chi connectivity index (χ4n) is 1.69. The van der Waals surface area contributed by atoms with Gasteiger partial charge in [0.05, 0.1) is 7.11 Å². The fraction of sp³-hybridized carbons (Fsp3) is 0.538. The molecule has 15 heavy (non-hydrogen) atoms. The Balaban J connectivity index is 1.71. The van der Waals surface area contributed by atoms with Crippen molar-refractivity contribution in [2.75, 3.05) is 20.2 Å². The van der Waals surface area contributed by atoms with Crippen LogP contribution in [0.5, 0.6) is 5.75 Å². The maximum Gasteiger partial charge on any atom is 0.119 e. The van der Waals surface area contributed by atoms with E-state index in [2.05, 4.69) is 23.5 Å². The highest BCUT2D eigenvalue weighted by Crippen LogP contribution is 2.27. The fourth-order valence-corrected chi connectivity index (χ4v) is 1.69. The first kappa shape index (κ1) is 10.5. The lowest BCUT2D eigenvalue weighted by molar-refractivity contribution is 0.414. The monoisotopic (exact) mass is 205 g/mol. The van der Waals surface area contributed by atoms with Crippen molar-refractivity contribution in [3.05, 3.63) is 29.8 Å². The molecular formula is C13H19NO. The van der Waals surface area contributed by atoms with Crippen molar-refractivity contribution < 1.29 is 4.74 Å². The van der Waals surface area contributed by atoms with Crippen molar-refractivity contribution in [1.82, 2.24) is 5.32 Å². The second-order valence-electron chi connectivity index (χ2n) is 4.25. The lowest BCUT2D eigenvalue weighted by Crippen LogP contribution is -2.19. The molecule has 82 valence electrons. The molecule has 0 unspecified atom stereocenters. The molecular weight excluding hydrogens is 186 g/mol. The van der Waals surface area contributed by atoms with Crippen molar-refractivity contribution in [2.24, 2.45) is 5.92 Å². The Bertz CT molecular complexity index is 307. The van der Waals surface area contributed by atoms with Crippen molar-refractivity contribution in [3.63, 3.8) is 0 Å². The van der Waals surface area contributed by atoms with Gasteiger partial charge in [-0.15, -0.1) is 0 Å². The number of benzene rings is 1. The van der Waals surface area contributed by atoms with E-state index < -0.39 is 0 Å². The number of ether oxygens (including phenoxy) is 1. The number of methoxy groups -OCH3 is 1. The van der Waals surface area contributed by atoms with Crippen LogP contribution in [0.4, 0.5) is 0 Å². The predicted molar refractivity (Wildman–Crippen MR) is 62.3 cm³/mol. The first-order valence-electron chi connectivity index (χ1n) is 5.72. The summed E-state index contributed by atoms with van der Waals surface area (Å²) in [4.78, 5) is 0. The number of rotatable bonds is 6. The van der Waals surface area contributed by atoms with Gasteiger partial charge in [-0.1, -0.05) is 12.1 Å². The molecule has 0 amide bonds. The summed E-state index contributed by atoms with van der Waals surface area (Å²) in [6.07, 6.45) is 3.93. The SMILES string of the molecule is COc1cccc(CCNCC2CC2)c1. The van der Waals surface area contributed by atoms with Gasteiger partial charge in [-0.05, 0) is 56.0 Å². The molecule has 1 fully saturated rings. The summed E-state index contributed by atoms with van der Waals surface area (Å²) in [6, 6.07) is 8.30. The van der Waals surface area contributed by atoms with Gasteiger partial charge in [0.1, 0.15) is 5.75 Å². The minimum absolute atomic E-state index is 0.953. The first-order chi connectivity index (χ1) is 7.38. The van der Waals surface area contributed by atoms with E-state index in [4.69, 9.17) is 4.74 Å². The zero-order valence-corrected chi connectivity index (χ0v) is 9.33. The molecule has 0 heterocycles. The summed E-state index contributed by atoms with van der Waals surface area (Å²) in [6.45, 7) is 2.27. The molecule has 1 N–H and O–H groups in total. The van der Waals surface area contributed by atoms with Crippen LogP contribution in [-0.4, -0.2) is 20.2 Å². The van der Waals surface area contributed by atoms with Crippen LogP contribution in [0.15, 0.2) is 24.3 Å².